The molecule has 5 nitrogen and oxygen atoms in total. The van der Waals surface area contributed by atoms with Crippen LogP contribution in [-0.2, 0) is 20.7 Å². The molecular weight excluding hydrogens is 364 g/mol. The van der Waals surface area contributed by atoms with Gasteiger partial charge in [-0.1, -0.05) is 52.0 Å². The number of hydrogen-bond donors (Lipinski definition) is 2. The highest BCUT2D eigenvalue weighted by Crippen LogP contribution is 2.35. The average molecular weight is 403 g/mol. The van der Waals surface area contributed by atoms with E-state index in [9.17, 15) is 4.79 Å². The first-order chi connectivity index (χ1) is 13.9. The lowest BCUT2D eigenvalue weighted by Gasteiger charge is -2.35. The van der Waals surface area contributed by atoms with Crippen LogP contribution in [0, 0.1) is 11.8 Å². The third-order valence-electron chi connectivity index (χ3n) is 6.06. The van der Waals surface area contributed by atoms with Crippen molar-refractivity contribution in [2.75, 3.05) is 19.8 Å². The molecule has 1 amide bonds. The summed E-state index contributed by atoms with van der Waals surface area (Å²) >= 11 is 0. The molecule has 1 spiro atoms. The molecule has 1 aromatic rings. The minimum Gasteiger partial charge on any atom is -0.352 e. The molecule has 1 aromatic carbocycles. The minimum atomic E-state index is -0.371. The number of benzene rings is 1. The highest BCUT2D eigenvalue weighted by atomic mass is 16.7. The van der Waals surface area contributed by atoms with E-state index in [1.165, 1.54) is 11.1 Å². The molecule has 0 aromatic heterocycles. The summed E-state index contributed by atoms with van der Waals surface area (Å²) in [6.07, 6.45) is 4.65. The Morgan fingerprint density at radius 3 is 2.24 bits per heavy atom. The molecule has 3 rings (SSSR count). The SMILES string of the molecule is CC(C)Cc1ccc(C(NCC(=O)NC2CCC3(CC2)OCCO3)C(C)C)cc1. The second kappa shape index (κ2) is 10.1. The van der Waals surface area contributed by atoms with Crippen LogP contribution in [0.5, 0.6) is 0 Å². The summed E-state index contributed by atoms with van der Waals surface area (Å²) in [6.45, 7) is 10.6. The van der Waals surface area contributed by atoms with Crippen LogP contribution in [0.15, 0.2) is 24.3 Å². The lowest BCUT2D eigenvalue weighted by atomic mass is 9.90. The fourth-order valence-corrected chi connectivity index (χ4v) is 4.54. The number of ether oxygens (including phenoxy) is 2. The molecule has 2 aliphatic rings. The lowest BCUT2D eigenvalue weighted by Crippen LogP contribution is -2.46. The smallest absolute Gasteiger partial charge is 0.234 e. The predicted octanol–water partition coefficient (Wildman–Crippen LogP) is 3.97. The van der Waals surface area contributed by atoms with Crippen LogP contribution in [0.4, 0.5) is 0 Å². The molecule has 1 atom stereocenters. The maximum absolute atomic E-state index is 12.5. The van der Waals surface area contributed by atoms with Crippen molar-refractivity contribution >= 4 is 5.91 Å². The molecule has 1 saturated carbocycles. The van der Waals surface area contributed by atoms with Crippen LogP contribution < -0.4 is 10.6 Å². The third kappa shape index (κ3) is 6.27. The van der Waals surface area contributed by atoms with Gasteiger partial charge in [0.05, 0.1) is 19.8 Å². The number of carbonyl (C=O) groups is 1. The number of carbonyl (C=O) groups excluding carboxylic acids is 1. The zero-order valence-corrected chi connectivity index (χ0v) is 18.5. The highest BCUT2D eigenvalue weighted by Gasteiger charge is 2.40. The Balaban J connectivity index is 1.47. The second-order valence-corrected chi connectivity index (χ2v) is 9.39. The summed E-state index contributed by atoms with van der Waals surface area (Å²) in [4.78, 5) is 12.5. The molecule has 162 valence electrons. The molecule has 0 radical (unpaired) electrons. The lowest BCUT2D eigenvalue weighted by molar-refractivity contribution is -0.180. The van der Waals surface area contributed by atoms with Gasteiger partial charge in [0.25, 0.3) is 0 Å². The van der Waals surface area contributed by atoms with Crippen LogP contribution in [0.3, 0.4) is 0 Å². The first kappa shape index (κ1) is 22.3. The van der Waals surface area contributed by atoms with E-state index in [1.54, 1.807) is 0 Å². The predicted molar refractivity (Wildman–Crippen MR) is 116 cm³/mol. The second-order valence-electron chi connectivity index (χ2n) is 9.39. The van der Waals surface area contributed by atoms with Crippen molar-refractivity contribution in [2.24, 2.45) is 11.8 Å². The van der Waals surface area contributed by atoms with Crippen LogP contribution >= 0.6 is 0 Å². The topological polar surface area (TPSA) is 59.6 Å². The van der Waals surface area contributed by atoms with Crippen LogP contribution in [0.1, 0.15) is 70.5 Å². The van der Waals surface area contributed by atoms with E-state index < -0.39 is 0 Å². The van der Waals surface area contributed by atoms with Crippen molar-refractivity contribution in [3.05, 3.63) is 35.4 Å². The third-order valence-corrected chi connectivity index (χ3v) is 6.06. The molecule has 1 aliphatic heterocycles. The molecule has 1 aliphatic carbocycles. The zero-order valence-electron chi connectivity index (χ0n) is 18.5. The van der Waals surface area contributed by atoms with Crippen molar-refractivity contribution in [1.82, 2.24) is 10.6 Å². The van der Waals surface area contributed by atoms with E-state index >= 15 is 0 Å². The molecule has 2 N–H and O–H groups in total. The van der Waals surface area contributed by atoms with E-state index in [2.05, 4.69) is 62.6 Å². The average Bonchev–Trinajstić information content (AvgIpc) is 3.13. The van der Waals surface area contributed by atoms with Gasteiger partial charge in [-0.3, -0.25) is 4.79 Å². The molecule has 1 saturated heterocycles. The Bertz CT molecular complexity index is 641. The summed E-state index contributed by atoms with van der Waals surface area (Å²) in [5.74, 6) is 0.764. The van der Waals surface area contributed by atoms with Gasteiger partial charge < -0.3 is 20.1 Å². The Hall–Kier alpha value is -1.43. The van der Waals surface area contributed by atoms with Gasteiger partial charge in [-0.2, -0.15) is 0 Å². The zero-order chi connectivity index (χ0) is 20.9. The maximum atomic E-state index is 12.5. The van der Waals surface area contributed by atoms with Crippen LogP contribution in [-0.4, -0.2) is 37.5 Å². The van der Waals surface area contributed by atoms with E-state index in [-0.39, 0.29) is 23.8 Å². The minimum absolute atomic E-state index is 0.0706. The van der Waals surface area contributed by atoms with Crippen molar-refractivity contribution in [2.45, 2.75) is 77.7 Å². The Labute approximate surface area is 175 Å². The largest absolute Gasteiger partial charge is 0.352 e. The molecular formula is C24H38N2O3. The normalized spacial score (nSPS) is 20.5. The Morgan fingerprint density at radius 1 is 1.07 bits per heavy atom. The monoisotopic (exact) mass is 402 g/mol. The molecule has 0 bridgehead atoms. The summed E-state index contributed by atoms with van der Waals surface area (Å²) in [5.41, 5.74) is 2.62. The van der Waals surface area contributed by atoms with Crippen molar-refractivity contribution in [3.63, 3.8) is 0 Å². The number of amides is 1. The fraction of sp³-hybridized carbons (Fsp3) is 0.708. The quantitative estimate of drug-likeness (QED) is 0.691. The molecule has 2 fully saturated rings. The summed E-state index contributed by atoms with van der Waals surface area (Å²) in [7, 11) is 0. The van der Waals surface area contributed by atoms with Crippen molar-refractivity contribution in [3.8, 4) is 0 Å². The maximum Gasteiger partial charge on any atom is 0.234 e. The number of rotatable bonds is 8. The Kier molecular flexibility index (Phi) is 7.72. The van der Waals surface area contributed by atoms with Gasteiger partial charge in [-0.25, -0.2) is 0 Å². The van der Waals surface area contributed by atoms with Gasteiger partial charge in [0.1, 0.15) is 0 Å². The van der Waals surface area contributed by atoms with Crippen LogP contribution in [0.25, 0.3) is 0 Å². The van der Waals surface area contributed by atoms with Gasteiger partial charge in [0.15, 0.2) is 5.79 Å². The van der Waals surface area contributed by atoms with Gasteiger partial charge in [0, 0.05) is 24.9 Å². The molecule has 1 heterocycles. The molecule has 29 heavy (non-hydrogen) atoms. The van der Waals surface area contributed by atoms with E-state index in [4.69, 9.17) is 9.47 Å². The first-order valence-corrected chi connectivity index (χ1v) is 11.3. The highest BCUT2D eigenvalue weighted by molar-refractivity contribution is 5.78. The van der Waals surface area contributed by atoms with Gasteiger partial charge in [-0.15, -0.1) is 0 Å². The van der Waals surface area contributed by atoms with Gasteiger partial charge in [-0.05, 0) is 42.2 Å². The molecule has 5 heteroatoms. The van der Waals surface area contributed by atoms with E-state index in [0.717, 1.165) is 32.1 Å². The molecule has 1 unspecified atom stereocenters. The van der Waals surface area contributed by atoms with E-state index in [0.29, 0.717) is 31.6 Å². The van der Waals surface area contributed by atoms with Crippen molar-refractivity contribution in [1.29, 1.82) is 0 Å². The number of nitrogens with one attached hydrogen (secondary N) is 2. The first-order valence-electron chi connectivity index (χ1n) is 11.3. The summed E-state index contributed by atoms with van der Waals surface area (Å²) < 4.78 is 11.5. The van der Waals surface area contributed by atoms with Crippen LogP contribution in [0.2, 0.25) is 0 Å². The fourth-order valence-electron chi connectivity index (χ4n) is 4.54. The summed E-state index contributed by atoms with van der Waals surface area (Å²) in [5, 5.41) is 6.66. The Morgan fingerprint density at radius 2 is 1.69 bits per heavy atom. The number of hydrogen-bond acceptors (Lipinski definition) is 4. The van der Waals surface area contributed by atoms with Crippen molar-refractivity contribution < 1.29 is 14.3 Å². The summed E-state index contributed by atoms with van der Waals surface area (Å²) in [6, 6.07) is 9.24. The van der Waals surface area contributed by atoms with Gasteiger partial charge in [0.2, 0.25) is 5.91 Å². The standard InChI is InChI=1S/C24H38N2O3/c1-17(2)15-19-5-7-20(8-6-19)23(18(3)4)25-16-22(27)26-21-9-11-24(12-10-21)28-13-14-29-24/h5-8,17-18,21,23,25H,9-16H2,1-4H3,(H,26,27). The van der Waals surface area contributed by atoms with Gasteiger partial charge >= 0.3 is 0 Å². The van der Waals surface area contributed by atoms with E-state index in [1.807, 2.05) is 0 Å².